The minimum atomic E-state index is -0.191. The molecule has 0 bridgehead atoms. The number of rotatable bonds is 31. The highest BCUT2D eigenvalue weighted by atomic mass is 16.6. The van der Waals surface area contributed by atoms with Crippen LogP contribution in [0.4, 0.5) is 5.69 Å². The molecule has 1 N–H and O–H groups in total. The van der Waals surface area contributed by atoms with Gasteiger partial charge in [-0.25, -0.2) is 0 Å². The molecule has 43 heavy (non-hydrogen) atoms. The number of ether oxygens (including phenoxy) is 10. The minimum absolute atomic E-state index is 0.110. The molecule has 0 saturated carbocycles. The molecule has 0 aromatic heterocycles. The average Bonchev–Trinajstić information content (AvgIpc) is 2.99. The molecule has 0 heterocycles. The van der Waals surface area contributed by atoms with Gasteiger partial charge in [-0.3, -0.25) is 9.59 Å². The van der Waals surface area contributed by atoms with Crippen LogP contribution in [0.25, 0.3) is 0 Å². The summed E-state index contributed by atoms with van der Waals surface area (Å²) in [6, 6.07) is 7.16. The van der Waals surface area contributed by atoms with Gasteiger partial charge in [0.05, 0.1) is 106 Å². The number of anilines is 1. The van der Waals surface area contributed by atoms with Gasteiger partial charge in [-0.2, -0.15) is 0 Å². The van der Waals surface area contributed by atoms with Gasteiger partial charge in [-0.15, -0.1) is 0 Å². The summed E-state index contributed by atoms with van der Waals surface area (Å²) in [6.07, 6.45) is 1.22. The number of amides is 1. The molecule has 0 unspecified atom stereocenters. The van der Waals surface area contributed by atoms with Crippen molar-refractivity contribution in [2.24, 2.45) is 0 Å². The molecular weight excluding hydrogens is 566 g/mol. The Bertz CT molecular complexity index is 781. The van der Waals surface area contributed by atoms with Crippen molar-refractivity contribution in [3.8, 4) is 5.75 Å². The topological polar surface area (TPSA) is 138 Å². The molecule has 13 nitrogen and oxygen atoms in total. The Hall–Kier alpha value is -2.36. The lowest BCUT2D eigenvalue weighted by atomic mass is 10.3. The maximum atomic E-state index is 11.2. The van der Waals surface area contributed by atoms with Crippen molar-refractivity contribution in [2.45, 2.75) is 26.7 Å². The lowest BCUT2D eigenvalue weighted by Gasteiger charge is -2.09. The highest BCUT2D eigenvalue weighted by molar-refractivity contribution is 5.88. The Labute approximate surface area is 255 Å². The van der Waals surface area contributed by atoms with E-state index in [2.05, 4.69) is 5.32 Å². The Balaban J connectivity index is 1.69. The number of hydrogen-bond donors (Lipinski definition) is 1. The fourth-order valence-corrected chi connectivity index (χ4v) is 3.19. The third-order valence-corrected chi connectivity index (χ3v) is 5.22. The van der Waals surface area contributed by atoms with Crippen molar-refractivity contribution < 1.29 is 57.0 Å². The van der Waals surface area contributed by atoms with Gasteiger partial charge in [-0.05, 0) is 30.7 Å². The predicted octanol–water partition coefficient (Wildman–Crippen LogP) is 2.50. The molecule has 248 valence electrons. The second kappa shape index (κ2) is 29.7. The van der Waals surface area contributed by atoms with E-state index in [0.29, 0.717) is 124 Å². The van der Waals surface area contributed by atoms with Crippen LogP contribution in [0.3, 0.4) is 0 Å². The van der Waals surface area contributed by atoms with Gasteiger partial charge in [0.2, 0.25) is 5.91 Å². The van der Waals surface area contributed by atoms with E-state index in [9.17, 15) is 9.59 Å². The molecule has 0 atom stereocenters. The molecule has 0 aliphatic rings. The van der Waals surface area contributed by atoms with Crippen LogP contribution in [0.1, 0.15) is 26.7 Å². The monoisotopic (exact) mass is 617 g/mol. The van der Waals surface area contributed by atoms with Crippen LogP contribution >= 0.6 is 0 Å². The lowest BCUT2D eigenvalue weighted by molar-refractivity contribution is -0.145. The van der Waals surface area contributed by atoms with Gasteiger partial charge >= 0.3 is 5.97 Å². The SMILES string of the molecule is CCCC(=O)OCCOCCOCCOCCOCCOCCOCCOCCOCCOc1ccc(NC(C)=O)cc1. The molecule has 0 radical (unpaired) electrons. The molecule has 1 aromatic rings. The van der Waals surface area contributed by atoms with Crippen molar-refractivity contribution in [3.05, 3.63) is 24.3 Å². The van der Waals surface area contributed by atoms with Crippen molar-refractivity contribution in [2.75, 3.05) is 124 Å². The normalized spacial score (nSPS) is 11.0. The van der Waals surface area contributed by atoms with Crippen LogP contribution < -0.4 is 10.1 Å². The van der Waals surface area contributed by atoms with E-state index < -0.39 is 0 Å². The highest BCUT2D eigenvalue weighted by Gasteiger charge is 2.00. The van der Waals surface area contributed by atoms with Crippen LogP contribution in [0.5, 0.6) is 5.75 Å². The van der Waals surface area contributed by atoms with E-state index in [1.165, 1.54) is 6.92 Å². The average molecular weight is 618 g/mol. The first-order valence-electron chi connectivity index (χ1n) is 14.9. The minimum Gasteiger partial charge on any atom is -0.491 e. The fourth-order valence-electron chi connectivity index (χ4n) is 3.19. The quantitative estimate of drug-likeness (QED) is 0.0968. The first kappa shape index (κ1) is 38.7. The van der Waals surface area contributed by atoms with E-state index in [1.54, 1.807) is 24.3 Å². The fraction of sp³-hybridized carbons (Fsp3) is 0.733. The van der Waals surface area contributed by atoms with Gasteiger partial charge in [-0.1, -0.05) is 6.92 Å². The number of nitrogens with one attached hydrogen (secondary N) is 1. The molecule has 0 saturated heterocycles. The summed E-state index contributed by atoms with van der Waals surface area (Å²) in [6.45, 7) is 11.7. The van der Waals surface area contributed by atoms with E-state index >= 15 is 0 Å². The van der Waals surface area contributed by atoms with E-state index in [0.717, 1.165) is 12.1 Å². The third-order valence-electron chi connectivity index (χ3n) is 5.22. The number of carbonyl (C=O) groups excluding carboxylic acids is 2. The van der Waals surface area contributed by atoms with Gasteiger partial charge < -0.3 is 52.7 Å². The number of esters is 1. The molecule has 0 aliphatic carbocycles. The van der Waals surface area contributed by atoms with Crippen molar-refractivity contribution in [1.29, 1.82) is 0 Å². The third kappa shape index (κ3) is 27.0. The molecule has 13 heteroatoms. The Kier molecular flexibility index (Phi) is 26.7. The zero-order valence-corrected chi connectivity index (χ0v) is 25.9. The summed E-state index contributed by atoms with van der Waals surface area (Å²) in [5.41, 5.74) is 0.730. The lowest BCUT2D eigenvalue weighted by Crippen LogP contribution is -2.15. The number of hydrogen-bond acceptors (Lipinski definition) is 12. The van der Waals surface area contributed by atoms with Crippen molar-refractivity contribution >= 4 is 17.6 Å². The molecule has 0 spiro atoms. The zero-order valence-electron chi connectivity index (χ0n) is 25.9. The highest BCUT2D eigenvalue weighted by Crippen LogP contribution is 2.15. The smallest absolute Gasteiger partial charge is 0.305 e. The Morgan fingerprint density at radius 1 is 0.535 bits per heavy atom. The predicted molar refractivity (Wildman–Crippen MR) is 159 cm³/mol. The summed E-state index contributed by atoms with van der Waals surface area (Å²) in [5.74, 6) is 0.414. The summed E-state index contributed by atoms with van der Waals surface area (Å²) in [7, 11) is 0. The van der Waals surface area contributed by atoms with Gasteiger partial charge in [0.25, 0.3) is 0 Å². The number of benzene rings is 1. The van der Waals surface area contributed by atoms with Crippen LogP contribution in [0, 0.1) is 0 Å². The van der Waals surface area contributed by atoms with Crippen LogP contribution in [-0.2, 0) is 52.2 Å². The van der Waals surface area contributed by atoms with Crippen molar-refractivity contribution in [1.82, 2.24) is 0 Å². The van der Waals surface area contributed by atoms with E-state index in [1.807, 2.05) is 6.92 Å². The summed E-state index contributed by atoms with van der Waals surface area (Å²) < 4.78 is 54.1. The van der Waals surface area contributed by atoms with Crippen molar-refractivity contribution in [3.63, 3.8) is 0 Å². The first-order valence-corrected chi connectivity index (χ1v) is 14.9. The molecule has 1 aromatic carbocycles. The maximum absolute atomic E-state index is 11.2. The molecular formula is C30H51NO12. The van der Waals surface area contributed by atoms with Crippen LogP contribution in [-0.4, -0.2) is 131 Å². The largest absolute Gasteiger partial charge is 0.491 e. The summed E-state index contributed by atoms with van der Waals surface area (Å²) in [5, 5.41) is 2.71. The first-order chi connectivity index (χ1) is 21.1. The molecule has 1 rings (SSSR count). The van der Waals surface area contributed by atoms with Crippen LogP contribution in [0.2, 0.25) is 0 Å². The summed E-state index contributed by atoms with van der Waals surface area (Å²) >= 11 is 0. The van der Waals surface area contributed by atoms with E-state index in [-0.39, 0.29) is 18.5 Å². The maximum Gasteiger partial charge on any atom is 0.305 e. The zero-order chi connectivity index (χ0) is 31.1. The molecule has 0 fully saturated rings. The van der Waals surface area contributed by atoms with Crippen LogP contribution in [0.15, 0.2) is 24.3 Å². The van der Waals surface area contributed by atoms with Gasteiger partial charge in [0.1, 0.15) is 19.0 Å². The van der Waals surface area contributed by atoms with E-state index in [4.69, 9.17) is 47.4 Å². The Morgan fingerprint density at radius 2 is 0.884 bits per heavy atom. The standard InChI is InChI=1S/C30H51NO12/c1-3-4-30(33)43-26-24-41-22-20-39-18-16-37-14-12-35-10-9-34-11-13-36-15-17-38-19-21-40-23-25-42-29-7-5-28(6-8-29)31-27(2)32/h5-8H,3-4,9-26H2,1-2H3,(H,31,32). The number of carbonyl (C=O) groups is 2. The van der Waals surface area contributed by atoms with Gasteiger partial charge in [0.15, 0.2) is 0 Å². The second-order valence-corrected chi connectivity index (χ2v) is 8.92. The molecule has 1 amide bonds. The van der Waals surface area contributed by atoms with Gasteiger partial charge in [0, 0.05) is 19.0 Å². The Morgan fingerprint density at radius 3 is 1.23 bits per heavy atom. The molecule has 0 aliphatic heterocycles. The summed E-state index contributed by atoms with van der Waals surface area (Å²) in [4.78, 5) is 22.2. The second-order valence-electron chi connectivity index (χ2n) is 8.92.